The predicted molar refractivity (Wildman–Crippen MR) is 129 cm³/mol. The lowest BCUT2D eigenvalue weighted by atomic mass is 9.89. The third-order valence-electron chi connectivity index (χ3n) is 5.90. The molecule has 0 saturated carbocycles. The number of amides is 1. The fourth-order valence-corrected chi connectivity index (χ4v) is 4.19. The molecular weight excluding hydrogens is 370 g/mol. The Labute approximate surface area is 182 Å². The predicted octanol–water partition coefficient (Wildman–Crippen LogP) is 5.74. The normalized spacial score (nSPS) is 15.6. The van der Waals surface area contributed by atoms with Crippen LogP contribution < -0.4 is 16.0 Å². The molecule has 162 valence electrons. The van der Waals surface area contributed by atoms with Crippen molar-refractivity contribution in [3.05, 3.63) is 72.3 Å². The van der Waals surface area contributed by atoms with Gasteiger partial charge in [-0.25, -0.2) is 0 Å². The molecule has 4 heteroatoms. The molecule has 2 aromatic carbocycles. The smallest absolute Gasteiger partial charge is 0.251 e. The number of nitrogen functional groups attached to an aromatic ring is 1. The second kappa shape index (κ2) is 12.1. The van der Waals surface area contributed by atoms with E-state index >= 15 is 0 Å². The highest BCUT2D eigenvalue weighted by Gasteiger charge is 2.18. The minimum absolute atomic E-state index is 0.0521. The van der Waals surface area contributed by atoms with Gasteiger partial charge in [0, 0.05) is 31.6 Å². The number of nitrogens with one attached hydrogen (secondary N) is 1. The van der Waals surface area contributed by atoms with Crippen molar-refractivity contribution in [1.29, 1.82) is 0 Å². The zero-order valence-electron chi connectivity index (χ0n) is 18.6. The van der Waals surface area contributed by atoms with Gasteiger partial charge in [-0.15, -0.1) is 13.2 Å². The maximum atomic E-state index is 12.2. The molecule has 1 heterocycles. The first kappa shape index (κ1) is 23.5. The van der Waals surface area contributed by atoms with Gasteiger partial charge < -0.3 is 16.0 Å². The van der Waals surface area contributed by atoms with Crippen molar-refractivity contribution in [2.45, 2.75) is 51.4 Å². The van der Waals surface area contributed by atoms with E-state index in [1.165, 1.54) is 38.5 Å². The van der Waals surface area contributed by atoms with Crippen LogP contribution in [0.5, 0.6) is 0 Å². The summed E-state index contributed by atoms with van der Waals surface area (Å²) in [6.07, 6.45) is 7.78. The summed E-state index contributed by atoms with van der Waals surface area (Å²) in [6.45, 7) is 10.3. The van der Waals surface area contributed by atoms with Gasteiger partial charge in [-0.2, -0.15) is 0 Å². The zero-order chi connectivity index (χ0) is 21.9. The van der Waals surface area contributed by atoms with Crippen LogP contribution in [0.3, 0.4) is 0 Å². The number of anilines is 2. The van der Waals surface area contributed by atoms with Crippen molar-refractivity contribution in [1.82, 2.24) is 5.32 Å². The van der Waals surface area contributed by atoms with Crippen LogP contribution in [0.1, 0.15) is 72.9 Å². The van der Waals surface area contributed by atoms with E-state index in [1.807, 2.05) is 24.3 Å². The van der Waals surface area contributed by atoms with Crippen LogP contribution in [0, 0.1) is 0 Å². The van der Waals surface area contributed by atoms with Crippen LogP contribution in [0.2, 0.25) is 0 Å². The van der Waals surface area contributed by atoms with Gasteiger partial charge >= 0.3 is 0 Å². The molecule has 0 radical (unpaired) electrons. The molecule has 0 aromatic heterocycles. The monoisotopic (exact) mass is 407 g/mol. The average Bonchev–Trinajstić information content (AvgIpc) is 2.93. The van der Waals surface area contributed by atoms with Gasteiger partial charge in [0.05, 0.1) is 11.4 Å². The largest absolute Gasteiger partial charge is 0.397 e. The van der Waals surface area contributed by atoms with Gasteiger partial charge in [0.2, 0.25) is 0 Å². The van der Waals surface area contributed by atoms with Crippen molar-refractivity contribution in [2.75, 3.05) is 30.8 Å². The minimum Gasteiger partial charge on any atom is -0.397 e. The van der Waals surface area contributed by atoms with Crippen LogP contribution in [0.4, 0.5) is 11.4 Å². The number of nitrogens with two attached hydrogens (primary N) is 1. The van der Waals surface area contributed by atoms with Gasteiger partial charge in [-0.3, -0.25) is 4.79 Å². The number of hydrogen-bond donors (Lipinski definition) is 2. The Hall–Kier alpha value is -2.75. The Balaban J connectivity index is 0.00000155. The molecule has 1 unspecified atom stereocenters. The van der Waals surface area contributed by atoms with Crippen LogP contribution in [0.15, 0.2) is 55.6 Å². The lowest BCUT2D eigenvalue weighted by Crippen LogP contribution is -2.26. The zero-order valence-corrected chi connectivity index (χ0v) is 18.6. The Morgan fingerprint density at radius 3 is 2.20 bits per heavy atom. The molecule has 1 amide bonds. The molecule has 3 rings (SSSR count). The molecule has 1 saturated heterocycles. The standard InChI is InChI=1S/C24H33N3O.C2H4/c1-18(20-11-7-8-12-21(20)24(28)26-2)19-13-14-23(22(25)17-19)27-15-9-5-3-4-6-10-16-27;1-2/h7-8,11-14,17-18H,3-6,9-10,15-16,25H2,1-2H3,(H,26,28);1-2H2. The molecular formula is C26H37N3O. The van der Waals surface area contributed by atoms with Gasteiger partial charge in [0.25, 0.3) is 5.91 Å². The second-order valence-electron chi connectivity index (χ2n) is 7.81. The van der Waals surface area contributed by atoms with Crippen LogP contribution in [-0.4, -0.2) is 26.0 Å². The molecule has 3 N–H and O–H groups in total. The molecule has 30 heavy (non-hydrogen) atoms. The number of hydrogen-bond acceptors (Lipinski definition) is 3. The van der Waals surface area contributed by atoms with E-state index in [9.17, 15) is 4.79 Å². The Bertz CT molecular complexity index is 808. The Morgan fingerprint density at radius 1 is 1.00 bits per heavy atom. The van der Waals surface area contributed by atoms with E-state index in [4.69, 9.17) is 5.73 Å². The fourth-order valence-electron chi connectivity index (χ4n) is 4.19. The summed E-state index contributed by atoms with van der Waals surface area (Å²) < 4.78 is 0. The summed E-state index contributed by atoms with van der Waals surface area (Å²) in [5.74, 6) is 0.0455. The highest BCUT2D eigenvalue weighted by atomic mass is 16.1. The number of carbonyl (C=O) groups excluding carboxylic acids is 1. The van der Waals surface area contributed by atoms with Gasteiger partial charge in [-0.1, -0.05) is 56.9 Å². The van der Waals surface area contributed by atoms with E-state index in [1.54, 1.807) is 7.05 Å². The molecule has 0 aliphatic carbocycles. The maximum absolute atomic E-state index is 12.2. The molecule has 0 bridgehead atoms. The third-order valence-corrected chi connectivity index (χ3v) is 5.90. The topological polar surface area (TPSA) is 58.4 Å². The molecule has 1 aliphatic heterocycles. The molecule has 0 spiro atoms. The van der Waals surface area contributed by atoms with Crippen molar-refractivity contribution < 1.29 is 4.79 Å². The van der Waals surface area contributed by atoms with Crippen molar-refractivity contribution >= 4 is 17.3 Å². The lowest BCUT2D eigenvalue weighted by Gasteiger charge is -2.27. The molecule has 1 aliphatic rings. The second-order valence-corrected chi connectivity index (χ2v) is 7.81. The van der Waals surface area contributed by atoms with Crippen LogP contribution in [-0.2, 0) is 0 Å². The minimum atomic E-state index is -0.0521. The lowest BCUT2D eigenvalue weighted by molar-refractivity contribution is 0.0962. The summed E-state index contributed by atoms with van der Waals surface area (Å²) in [7, 11) is 1.67. The van der Waals surface area contributed by atoms with Gasteiger partial charge in [0.15, 0.2) is 0 Å². The quantitative estimate of drug-likeness (QED) is 0.502. The highest BCUT2D eigenvalue weighted by molar-refractivity contribution is 5.95. The molecule has 1 fully saturated rings. The number of nitrogens with zero attached hydrogens (tertiary/aromatic N) is 1. The first-order valence-electron chi connectivity index (χ1n) is 11.1. The Kier molecular flexibility index (Phi) is 9.46. The molecule has 4 nitrogen and oxygen atoms in total. The summed E-state index contributed by atoms with van der Waals surface area (Å²) in [5.41, 5.74) is 11.4. The van der Waals surface area contributed by atoms with Crippen molar-refractivity contribution in [3.8, 4) is 0 Å². The van der Waals surface area contributed by atoms with E-state index in [0.717, 1.165) is 41.2 Å². The van der Waals surface area contributed by atoms with Crippen LogP contribution >= 0.6 is 0 Å². The van der Waals surface area contributed by atoms with E-state index in [-0.39, 0.29) is 11.8 Å². The number of benzene rings is 2. The molecule has 1 atom stereocenters. The van der Waals surface area contributed by atoms with Gasteiger partial charge in [0.1, 0.15) is 0 Å². The summed E-state index contributed by atoms with van der Waals surface area (Å²) in [4.78, 5) is 14.7. The highest BCUT2D eigenvalue weighted by Crippen LogP contribution is 2.33. The van der Waals surface area contributed by atoms with E-state index < -0.39 is 0 Å². The molecule has 2 aromatic rings. The summed E-state index contributed by atoms with van der Waals surface area (Å²) >= 11 is 0. The van der Waals surface area contributed by atoms with Crippen molar-refractivity contribution in [2.24, 2.45) is 0 Å². The third kappa shape index (κ3) is 5.88. The fraction of sp³-hybridized carbons (Fsp3) is 0.423. The first-order valence-corrected chi connectivity index (χ1v) is 11.1. The summed E-state index contributed by atoms with van der Waals surface area (Å²) in [5, 5.41) is 2.74. The summed E-state index contributed by atoms with van der Waals surface area (Å²) in [6, 6.07) is 14.2. The Morgan fingerprint density at radius 2 is 1.60 bits per heavy atom. The number of carbonyl (C=O) groups is 1. The maximum Gasteiger partial charge on any atom is 0.251 e. The first-order chi connectivity index (χ1) is 14.6. The average molecular weight is 408 g/mol. The van der Waals surface area contributed by atoms with Crippen LogP contribution in [0.25, 0.3) is 0 Å². The van der Waals surface area contributed by atoms with E-state index in [2.05, 4.69) is 48.5 Å². The van der Waals surface area contributed by atoms with E-state index in [0.29, 0.717) is 0 Å². The SMILES string of the molecule is C=C.CNC(=O)c1ccccc1C(C)c1ccc(N2CCCCCCCC2)c(N)c1. The number of rotatable bonds is 4. The van der Waals surface area contributed by atoms with Gasteiger partial charge in [-0.05, 0) is 42.2 Å². The van der Waals surface area contributed by atoms with Crippen molar-refractivity contribution in [3.63, 3.8) is 0 Å².